The van der Waals surface area contributed by atoms with E-state index in [4.69, 9.17) is 4.42 Å². The number of amides is 1. The molecule has 9 nitrogen and oxygen atoms in total. The van der Waals surface area contributed by atoms with E-state index in [2.05, 4.69) is 30.0 Å². The number of rotatable bonds is 6. The summed E-state index contributed by atoms with van der Waals surface area (Å²) >= 11 is 0. The van der Waals surface area contributed by atoms with Crippen molar-refractivity contribution in [2.75, 3.05) is 7.05 Å². The van der Waals surface area contributed by atoms with Crippen molar-refractivity contribution >= 4 is 12.1 Å². The van der Waals surface area contributed by atoms with Crippen LogP contribution >= 0.6 is 0 Å². The third-order valence-corrected chi connectivity index (χ3v) is 3.55. The van der Waals surface area contributed by atoms with Gasteiger partial charge in [-0.05, 0) is 18.2 Å². The Hall–Kier alpha value is -3.97. The summed E-state index contributed by atoms with van der Waals surface area (Å²) in [6.07, 6.45) is -3.53. The predicted molar refractivity (Wildman–Crippen MR) is 93.1 cm³/mol. The van der Waals surface area contributed by atoms with Crippen molar-refractivity contribution in [2.45, 2.75) is 12.8 Å². The molecule has 0 spiro atoms. The Morgan fingerprint density at radius 1 is 1.23 bits per heavy atom. The van der Waals surface area contributed by atoms with Gasteiger partial charge in [0.05, 0.1) is 17.5 Å². The first kappa shape index (κ1) is 21.7. The van der Waals surface area contributed by atoms with E-state index in [-0.39, 0.29) is 17.1 Å². The average molecular weight is 442 g/mol. The lowest BCUT2D eigenvalue weighted by atomic mass is 10.2. The van der Waals surface area contributed by atoms with Gasteiger partial charge in [0, 0.05) is 25.6 Å². The van der Waals surface area contributed by atoms with E-state index in [1.54, 1.807) is 0 Å². The van der Waals surface area contributed by atoms with Gasteiger partial charge in [-0.25, -0.2) is 5.01 Å². The van der Waals surface area contributed by atoms with Crippen molar-refractivity contribution in [2.24, 2.45) is 5.10 Å². The van der Waals surface area contributed by atoms with Gasteiger partial charge in [-0.2, -0.15) is 13.9 Å². The maximum absolute atomic E-state index is 12.5. The van der Waals surface area contributed by atoms with Crippen LogP contribution in [0.25, 0.3) is 11.5 Å². The molecule has 3 heterocycles. The first-order valence-corrected chi connectivity index (χ1v) is 8.24. The van der Waals surface area contributed by atoms with Crippen molar-refractivity contribution < 1.29 is 35.9 Å². The summed E-state index contributed by atoms with van der Waals surface area (Å²) in [6.45, 7) is 0. The lowest BCUT2D eigenvalue weighted by Gasteiger charge is -2.15. The smallest absolute Gasteiger partial charge is 0.415 e. The van der Waals surface area contributed by atoms with Gasteiger partial charge >= 0.3 is 12.8 Å². The molecule has 31 heavy (non-hydrogen) atoms. The Morgan fingerprint density at radius 3 is 2.61 bits per heavy atom. The van der Waals surface area contributed by atoms with Crippen LogP contribution in [0.5, 0.6) is 5.75 Å². The minimum atomic E-state index is -4.99. The van der Waals surface area contributed by atoms with Gasteiger partial charge in [-0.15, -0.1) is 23.4 Å². The quantitative estimate of drug-likeness (QED) is 0.327. The molecule has 0 saturated carbocycles. The minimum Gasteiger partial charge on any atom is -0.415 e. The second-order valence-electron chi connectivity index (χ2n) is 5.71. The van der Waals surface area contributed by atoms with E-state index in [1.165, 1.54) is 25.4 Å². The average Bonchev–Trinajstić information content (AvgIpc) is 3.22. The molecule has 0 aliphatic carbocycles. The zero-order valence-electron chi connectivity index (χ0n) is 15.4. The molecule has 0 atom stereocenters. The molecule has 0 fully saturated rings. The van der Waals surface area contributed by atoms with Crippen LogP contribution in [0, 0.1) is 0 Å². The first-order chi connectivity index (χ1) is 14.6. The zero-order valence-corrected chi connectivity index (χ0v) is 15.4. The van der Waals surface area contributed by atoms with Crippen molar-refractivity contribution in [1.29, 1.82) is 0 Å². The first-order valence-electron chi connectivity index (χ1n) is 8.24. The van der Waals surface area contributed by atoms with Crippen LogP contribution in [0.4, 0.5) is 22.0 Å². The molecular weight excluding hydrogens is 431 g/mol. The number of pyridine rings is 2. The molecule has 0 unspecified atom stereocenters. The van der Waals surface area contributed by atoms with Crippen LogP contribution in [0.1, 0.15) is 28.4 Å². The van der Waals surface area contributed by atoms with Gasteiger partial charge in [0.2, 0.25) is 5.89 Å². The molecule has 0 aromatic carbocycles. The molecular formula is C17H11F5N6O3. The molecule has 0 saturated heterocycles. The normalized spacial score (nSPS) is 11.8. The van der Waals surface area contributed by atoms with Crippen LogP contribution < -0.4 is 4.74 Å². The van der Waals surface area contributed by atoms with E-state index in [0.29, 0.717) is 0 Å². The van der Waals surface area contributed by atoms with Crippen LogP contribution in [-0.4, -0.2) is 50.7 Å². The lowest BCUT2D eigenvalue weighted by molar-refractivity contribution is -0.274. The van der Waals surface area contributed by atoms with Gasteiger partial charge in [-0.3, -0.25) is 14.8 Å². The number of hydrogen-bond donors (Lipinski definition) is 0. The van der Waals surface area contributed by atoms with E-state index in [9.17, 15) is 26.7 Å². The molecule has 162 valence electrons. The highest BCUT2D eigenvalue weighted by Gasteiger charge is 2.33. The van der Waals surface area contributed by atoms with Crippen LogP contribution in [0.15, 0.2) is 46.3 Å². The number of halogens is 5. The summed E-state index contributed by atoms with van der Waals surface area (Å²) in [6, 6.07) is 3.76. The number of nitrogens with zero attached hydrogens (tertiary/aromatic N) is 6. The minimum absolute atomic E-state index is 0.160. The highest BCUT2D eigenvalue weighted by atomic mass is 19.4. The Labute approximate surface area is 170 Å². The molecule has 1 amide bonds. The van der Waals surface area contributed by atoms with Gasteiger partial charge in [0.15, 0.2) is 0 Å². The number of ether oxygens (including phenoxy) is 1. The monoisotopic (exact) mass is 442 g/mol. The van der Waals surface area contributed by atoms with Gasteiger partial charge < -0.3 is 9.15 Å². The second kappa shape index (κ2) is 8.81. The maximum atomic E-state index is 12.5. The summed E-state index contributed by atoms with van der Waals surface area (Å²) in [5, 5.41) is 11.3. The van der Waals surface area contributed by atoms with Crippen LogP contribution in [0.3, 0.4) is 0 Å². The second-order valence-corrected chi connectivity index (χ2v) is 5.71. The number of hydrazone groups is 1. The fraction of sp³-hybridized carbons (Fsp3) is 0.176. The van der Waals surface area contributed by atoms with Crippen molar-refractivity contribution in [1.82, 2.24) is 25.2 Å². The predicted octanol–water partition coefficient (Wildman–Crippen LogP) is 3.47. The number of alkyl halides is 5. The molecule has 14 heteroatoms. The Balaban J connectivity index is 1.71. The Bertz CT molecular complexity index is 1080. The SMILES string of the molecule is CN(/N=C/c1ccc(-c2nnc(C(F)F)o2)cn1)C(=O)c1cnccc1OC(F)(F)F. The van der Waals surface area contributed by atoms with Gasteiger partial charge in [0.25, 0.3) is 11.8 Å². The molecule has 0 radical (unpaired) electrons. The number of carbonyl (C=O) groups excluding carboxylic acids is 1. The van der Waals surface area contributed by atoms with Gasteiger partial charge in [-0.1, -0.05) is 0 Å². The zero-order chi connectivity index (χ0) is 22.6. The molecule has 3 rings (SSSR count). The van der Waals surface area contributed by atoms with E-state index >= 15 is 0 Å². The summed E-state index contributed by atoms with van der Waals surface area (Å²) < 4.78 is 71.1. The largest absolute Gasteiger partial charge is 0.573 e. The van der Waals surface area contributed by atoms with Gasteiger partial charge in [0.1, 0.15) is 11.3 Å². The van der Waals surface area contributed by atoms with E-state index < -0.39 is 35.9 Å². The molecule has 0 N–H and O–H groups in total. The molecule has 0 aliphatic rings. The molecule has 3 aromatic rings. The summed E-state index contributed by atoms with van der Waals surface area (Å²) in [4.78, 5) is 20.0. The Morgan fingerprint density at radius 2 is 2.00 bits per heavy atom. The summed E-state index contributed by atoms with van der Waals surface area (Å²) in [5.74, 6) is -2.62. The van der Waals surface area contributed by atoms with Crippen LogP contribution in [-0.2, 0) is 0 Å². The fourth-order valence-electron chi connectivity index (χ4n) is 2.18. The third-order valence-electron chi connectivity index (χ3n) is 3.55. The number of hydrogen-bond acceptors (Lipinski definition) is 8. The molecule has 0 bridgehead atoms. The van der Waals surface area contributed by atoms with Crippen molar-refractivity contribution in [3.8, 4) is 17.2 Å². The van der Waals surface area contributed by atoms with Crippen molar-refractivity contribution in [3.05, 3.63) is 53.9 Å². The summed E-state index contributed by atoms with van der Waals surface area (Å²) in [5.41, 5.74) is 0.0641. The lowest BCUT2D eigenvalue weighted by Crippen LogP contribution is -2.25. The number of aromatic nitrogens is 4. The highest BCUT2D eigenvalue weighted by Crippen LogP contribution is 2.26. The van der Waals surface area contributed by atoms with E-state index in [1.807, 2.05) is 0 Å². The maximum Gasteiger partial charge on any atom is 0.573 e. The standard InChI is InChI=1S/C17H11F5N6O3/c1-28(16(29)11-8-23-5-4-12(11)31-17(20,21)22)25-7-10-3-2-9(6-24-10)14-26-27-15(30-14)13(18)19/h2-8,13H,1H3/b25-7+. The molecule has 3 aromatic heterocycles. The summed E-state index contributed by atoms with van der Waals surface area (Å²) in [7, 11) is 1.21. The fourth-order valence-corrected chi connectivity index (χ4v) is 2.18. The van der Waals surface area contributed by atoms with Crippen LogP contribution in [0.2, 0.25) is 0 Å². The third kappa shape index (κ3) is 5.55. The number of carbonyl (C=O) groups is 1. The van der Waals surface area contributed by atoms with Crippen molar-refractivity contribution in [3.63, 3.8) is 0 Å². The molecule has 0 aliphatic heterocycles. The Kier molecular flexibility index (Phi) is 6.17. The highest BCUT2D eigenvalue weighted by molar-refractivity contribution is 5.96. The van der Waals surface area contributed by atoms with E-state index in [0.717, 1.165) is 29.7 Å². The topological polar surface area (TPSA) is 107 Å².